The first-order valence-corrected chi connectivity index (χ1v) is 2.67. The summed E-state index contributed by atoms with van der Waals surface area (Å²) in [6.45, 7) is 0. The fourth-order valence-electron chi connectivity index (χ4n) is 0.253. The molecule has 2 amide bonds. The molecule has 6 heteroatoms. The van der Waals surface area contributed by atoms with Crippen LogP contribution in [0.4, 0.5) is 4.79 Å². The fraction of sp³-hybridized carbons (Fsp3) is 0. The minimum Gasteiger partial charge on any atom is -0.350 e. The van der Waals surface area contributed by atoms with E-state index in [2.05, 4.69) is 15.7 Å². The summed E-state index contributed by atoms with van der Waals surface area (Å²) in [7, 11) is 0. The lowest BCUT2D eigenvalue weighted by atomic mass is 10.7. The van der Waals surface area contributed by atoms with E-state index in [0.717, 1.165) is 0 Å². The van der Waals surface area contributed by atoms with Gasteiger partial charge in [-0.15, -0.1) is 0 Å². The van der Waals surface area contributed by atoms with Gasteiger partial charge in [0.2, 0.25) is 0 Å². The lowest BCUT2D eigenvalue weighted by Crippen LogP contribution is -2.25. The number of primary amides is 1. The molecule has 0 fully saturated rings. The number of hydroxylamine groups is 1. The van der Waals surface area contributed by atoms with Gasteiger partial charge in [0.25, 0.3) is 0 Å². The summed E-state index contributed by atoms with van der Waals surface area (Å²) in [6.07, 6.45) is 4.88. The largest absolute Gasteiger partial charge is 0.350 e. The molecule has 11 heavy (non-hydrogen) atoms. The van der Waals surface area contributed by atoms with E-state index in [1.807, 2.05) is 0 Å². The van der Waals surface area contributed by atoms with Crippen LogP contribution in [0.1, 0.15) is 0 Å². The van der Waals surface area contributed by atoms with Crippen LogP contribution in [0.2, 0.25) is 0 Å². The average Bonchev–Trinajstić information content (AvgIpc) is 2.09. The number of rotatable bonds is 0. The van der Waals surface area contributed by atoms with Crippen LogP contribution in [0.15, 0.2) is 24.8 Å². The smallest absolute Gasteiger partial charge is 0.335 e. The maximum absolute atomic E-state index is 9.23. The minimum absolute atomic E-state index is 0.940. The Morgan fingerprint density at radius 3 is 2.00 bits per heavy atom. The lowest BCUT2D eigenvalue weighted by molar-refractivity contribution is 0.169. The fourth-order valence-corrected chi connectivity index (χ4v) is 0.253. The quantitative estimate of drug-likeness (QED) is 0.348. The number of hydrogen-bond acceptors (Lipinski definition) is 4. The Bertz CT molecular complexity index is 164. The highest BCUT2D eigenvalue weighted by Gasteiger charge is 1.75. The van der Waals surface area contributed by atoms with Crippen LogP contribution >= 0.6 is 0 Å². The monoisotopic (exact) mass is 156 g/mol. The van der Waals surface area contributed by atoms with Gasteiger partial charge >= 0.3 is 6.03 Å². The summed E-state index contributed by atoms with van der Waals surface area (Å²) in [5.74, 6) is 0. The molecule has 0 aliphatic carbocycles. The van der Waals surface area contributed by atoms with Gasteiger partial charge in [-0.3, -0.25) is 5.21 Å². The highest BCUT2D eigenvalue weighted by molar-refractivity contribution is 5.69. The Morgan fingerprint density at radius 1 is 1.45 bits per heavy atom. The van der Waals surface area contributed by atoms with Crippen molar-refractivity contribution >= 4 is 6.03 Å². The maximum atomic E-state index is 9.23. The Balaban J connectivity index is 0.000000187. The van der Waals surface area contributed by atoms with E-state index >= 15 is 0 Å². The van der Waals surface area contributed by atoms with Crippen molar-refractivity contribution in [2.24, 2.45) is 5.73 Å². The average molecular weight is 156 g/mol. The van der Waals surface area contributed by atoms with E-state index in [-0.39, 0.29) is 0 Å². The predicted molar refractivity (Wildman–Crippen MR) is 36.5 cm³/mol. The molecule has 0 bridgehead atoms. The summed E-state index contributed by atoms with van der Waals surface area (Å²) in [4.78, 5) is 16.6. The Kier molecular flexibility index (Phi) is 5.44. The molecule has 1 aromatic heterocycles. The van der Waals surface area contributed by atoms with Crippen molar-refractivity contribution in [3.63, 3.8) is 0 Å². The number of carbonyl (C=O) groups is 1. The predicted octanol–water partition coefficient (Wildman–Crippen LogP) is -0.480. The van der Waals surface area contributed by atoms with Gasteiger partial charge in [0, 0.05) is 12.4 Å². The Hall–Kier alpha value is -1.69. The summed E-state index contributed by atoms with van der Waals surface area (Å²) >= 11 is 0. The summed E-state index contributed by atoms with van der Waals surface area (Å²) in [6, 6.07) is 0.838. The van der Waals surface area contributed by atoms with Gasteiger partial charge in [-0.05, 0) is 6.07 Å². The van der Waals surface area contributed by atoms with Gasteiger partial charge in [0.15, 0.2) is 0 Å². The van der Waals surface area contributed by atoms with Crippen molar-refractivity contribution in [3.05, 3.63) is 24.8 Å². The van der Waals surface area contributed by atoms with E-state index in [1.165, 1.54) is 11.8 Å². The zero-order chi connectivity index (χ0) is 8.53. The van der Waals surface area contributed by atoms with Gasteiger partial charge < -0.3 is 5.73 Å². The molecule has 0 aromatic carbocycles. The van der Waals surface area contributed by atoms with Crippen LogP contribution in [0.3, 0.4) is 0 Å². The van der Waals surface area contributed by atoms with Crippen LogP contribution in [0.25, 0.3) is 0 Å². The van der Waals surface area contributed by atoms with Crippen molar-refractivity contribution in [1.82, 2.24) is 15.4 Å². The Labute approximate surface area is 63.0 Å². The van der Waals surface area contributed by atoms with Crippen LogP contribution in [0.5, 0.6) is 0 Å². The second kappa shape index (κ2) is 6.43. The first-order valence-electron chi connectivity index (χ1n) is 2.67. The normalized spacial score (nSPS) is 7.36. The molecule has 0 unspecified atom stereocenters. The zero-order valence-electron chi connectivity index (χ0n) is 5.64. The first kappa shape index (κ1) is 9.31. The molecule has 0 radical (unpaired) electrons. The molecule has 0 aliphatic rings. The molecule has 6 nitrogen and oxygen atoms in total. The van der Waals surface area contributed by atoms with Gasteiger partial charge in [-0.25, -0.2) is 20.2 Å². The standard InChI is InChI=1S/C4H4N2.CH4N2O2/c1-2-5-4-6-3-1;2-1(4)3-5/h1-4H;5H,(H3,2,3,4). The molecule has 4 N–H and O–H groups in total. The van der Waals surface area contributed by atoms with Crippen molar-refractivity contribution in [1.29, 1.82) is 0 Å². The molecule has 0 aliphatic heterocycles. The number of nitrogens with one attached hydrogen (secondary N) is 1. The van der Waals surface area contributed by atoms with Gasteiger partial charge in [0.05, 0.1) is 0 Å². The second-order valence-corrected chi connectivity index (χ2v) is 1.38. The number of hydrogen-bond donors (Lipinski definition) is 3. The number of carbonyl (C=O) groups excluding carboxylic acids is 1. The van der Waals surface area contributed by atoms with E-state index in [9.17, 15) is 4.79 Å². The zero-order valence-corrected chi connectivity index (χ0v) is 5.64. The molecule has 0 spiro atoms. The third kappa shape index (κ3) is 8.31. The molecule has 1 aromatic rings. The van der Waals surface area contributed by atoms with Crippen molar-refractivity contribution in [2.75, 3.05) is 0 Å². The van der Waals surface area contributed by atoms with E-state index in [1.54, 1.807) is 18.5 Å². The maximum Gasteiger partial charge on any atom is 0.335 e. The van der Waals surface area contributed by atoms with Crippen LogP contribution < -0.4 is 11.2 Å². The molecule has 60 valence electrons. The van der Waals surface area contributed by atoms with E-state index < -0.39 is 6.03 Å². The van der Waals surface area contributed by atoms with Crippen molar-refractivity contribution in [2.45, 2.75) is 0 Å². The van der Waals surface area contributed by atoms with E-state index in [4.69, 9.17) is 5.21 Å². The number of urea groups is 1. The first-order chi connectivity index (χ1) is 5.27. The molecular formula is C5H8N4O2. The van der Waals surface area contributed by atoms with Gasteiger partial charge in [-0.2, -0.15) is 0 Å². The van der Waals surface area contributed by atoms with Crippen molar-refractivity contribution in [3.8, 4) is 0 Å². The topological polar surface area (TPSA) is 101 Å². The second-order valence-electron chi connectivity index (χ2n) is 1.38. The number of aromatic nitrogens is 2. The molecule has 1 rings (SSSR count). The summed E-state index contributed by atoms with van der Waals surface area (Å²) in [5.41, 5.74) is 5.46. The molecule has 0 saturated heterocycles. The Morgan fingerprint density at radius 2 is 1.91 bits per heavy atom. The van der Waals surface area contributed by atoms with Crippen LogP contribution in [-0.2, 0) is 0 Å². The number of nitrogens with two attached hydrogens (primary N) is 1. The summed E-state index contributed by atoms with van der Waals surface area (Å²) in [5, 5.41) is 7.42. The van der Waals surface area contributed by atoms with Gasteiger partial charge in [0.1, 0.15) is 6.33 Å². The lowest BCUT2D eigenvalue weighted by Gasteiger charge is -1.79. The SMILES string of the molecule is NC(=O)NO.c1cncnc1. The molecule has 0 atom stereocenters. The number of amides is 2. The van der Waals surface area contributed by atoms with Crippen molar-refractivity contribution < 1.29 is 10.0 Å². The molecular weight excluding hydrogens is 148 g/mol. The number of nitrogens with zero attached hydrogens (tertiary/aromatic N) is 2. The highest BCUT2D eigenvalue weighted by atomic mass is 16.5. The van der Waals surface area contributed by atoms with Gasteiger partial charge in [-0.1, -0.05) is 0 Å². The van der Waals surface area contributed by atoms with Crippen LogP contribution in [0, 0.1) is 0 Å². The third-order valence-electron chi connectivity index (χ3n) is 0.588. The highest BCUT2D eigenvalue weighted by Crippen LogP contribution is 1.66. The molecule has 1 heterocycles. The van der Waals surface area contributed by atoms with E-state index in [0.29, 0.717) is 0 Å². The van der Waals surface area contributed by atoms with Crippen LogP contribution in [-0.4, -0.2) is 21.2 Å². The minimum atomic E-state index is -0.940. The third-order valence-corrected chi connectivity index (χ3v) is 0.588. The summed E-state index contributed by atoms with van der Waals surface area (Å²) < 4.78 is 0. The molecule has 0 saturated carbocycles.